The molecule has 2 heterocycles. The molecule has 29 heavy (non-hydrogen) atoms. The molecule has 0 aliphatic carbocycles. The Labute approximate surface area is 173 Å². The van der Waals surface area contributed by atoms with Crippen molar-refractivity contribution < 1.29 is 9.90 Å². The fourth-order valence-electron chi connectivity index (χ4n) is 3.59. The van der Waals surface area contributed by atoms with Gasteiger partial charge in [0.2, 0.25) is 5.43 Å². The van der Waals surface area contributed by atoms with Gasteiger partial charge in [0.25, 0.3) is 5.91 Å². The molecule has 1 aliphatic heterocycles. The predicted octanol–water partition coefficient (Wildman–Crippen LogP) is 2.63. The molecule has 6 nitrogen and oxygen atoms in total. The zero-order valence-electron chi connectivity index (χ0n) is 16.1. The number of nitrogens with zero attached hydrogens (tertiary/aromatic N) is 2. The molecular formula is C22H22ClN3O3. The number of carbonyl (C=O) groups excluding carboxylic acids is 1. The van der Waals surface area contributed by atoms with Crippen molar-refractivity contribution in [1.29, 1.82) is 0 Å². The molecule has 0 atom stereocenters. The van der Waals surface area contributed by atoms with Crippen LogP contribution in [0.5, 0.6) is 0 Å². The number of β-amino-alcohol motifs (C(OH)–C–C–N with tert-alkyl or cyclic N) is 1. The number of aliphatic hydroxyl groups is 1. The molecule has 0 bridgehead atoms. The summed E-state index contributed by atoms with van der Waals surface area (Å²) < 4.78 is 0. The number of benzene rings is 2. The van der Waals surface area contributed by atoms with Crippen molar-refractivity contribution in [3.05, 3.63) is 80.6 Å². The van der Waals surface area contributed by atoms with Crippen molar-refractivity contribution in [2.75, 3.05) is 20.1 Å². The first-order valence-corrected chi connectivity index (χ1v) is 9.83. The highest BCUT2D eigenvalue weighted by atomic mass is 35.5. The maximum absolute atomic E-state index is 13.0. The average Bonchev–Trinajstić information content (AvgIpc) is 2.69. The van der Waals surface area contributed by atoms with Gasteiger partial charge in [0, 0.05) is 55.3 Å². The normalized spacial score (nSPS) is 14.7. The van der Waals surface area contributed by atoms with Crippen LogP contribution in [0, 0.1) is 0 Å². The van der Waals surface area contributed by atoms with E-state index in [9.17, 15) is 14.7 Å². The monoisotopic (exact) mass is 411 g/mol. The molecular weight excluding hydrogens is 390 g/mol. The Morgan fingerprint density at radius 1 is 1.21 bits per heavy atom. The van der Waals surface area contributed by atoms with Gasteiger partial charge in [-0.3, -0.25) is 14.5 Å². The van der Waals surface area contributed by atoms with E-state index in [1.165, 1.54) is 11.1 Å². The van der Waals surface area contributed by atoms with Crippen molar-refractivity contribution in [3.8, 4) is 0 Å². The van der Waals surface area contributed by atoms with E-state index in [-0.39, 0.29) is 23.0 Å². The molecule has 7 heteroatoms. The largest absolute Gasteiger partial charge is 0.390 e. The van der Waals surface area contributed by atoms with Gasteiger partial charge in [-0.1, -0.05) is 29.8 Å². The topological polar surface area (TPSA) is 76.6 Å². The van der Waals surface area contributed by atoms with Gasteiger partial charge in [-0.25, -0.2) is 0 Å². The fourth-order valence-corrected chi connectivity index (χ4v) is 3.72. The van der Waals surface area contributed by atoms with Gasteiger partial charge in [0.15, 0.2) is 0 Å². The van der Waals surface area contributed by atoms with Crippen LogP contribution in [0.4, 0.5) is 0 Å². The number of hydrogen-bond donors (Lipinski definition) is 2. The number of H-pyrrole nitrogens is 1. The number of likely N-dealkylation sites (tertiary alicyclic amines) is 1. The Hall–Kier alpha value is -2.67. The van der Waals surface area contributed by atoms with Crippen molar-refractivity contribution in [1.82, 2.24) is 14.8 Å². The first-order valence-electron chi connectivity index (χ1n) is 9.45. The summed E-state index contributed by atoms with van der Waals surface area (Å²) in [5.74, 6) is -0.334. The van der Waals surface area contributed by atoms with E-state index in [0.717, 1.165) is 11.1 Å². The molecule has 150 valence electrons. The summed E-state index contributed by atoms with van der Waals surface area (Å²) in [6, 6.07) is 12.9. The minimum atomic E-state index is -0.334. The van der Waals surface area contributed by atoms with Crippen molar-refractivity contribution >= 4 is 28.4 Å². The lowest BCUT2D eigenvalue weighted by atomic mass is 10.1. The minimum Gasteiger partial charge on any atom is -0.390 e. The average molecular weight is 412 g/mol. The van der Waals surface area contributed by atoms with E-state index in [1.807, 2.05) is 30.3 Å². The van der Waals surface area contributed by atoms with Crippen molar-refractivity contribution in [3.63, 3.8) is 0 Å². The smallest absolute Gasteiger partial charge is 0.259 e. The number of nitrogens with one attached hydrogen (secondary N) is 1. The van der Waals surface area contributed by atoms with Crippen LogP contribution in [0.15, 0.2) is 53.5 Å². The molecule has 2 aromatic carbocycles. The second-order valence-electron chi connectivity index (χ2n) is 7.55. The first kappa shape index (κ1) is 19.6. The summed E-state index contributed by atoms with van der Waals surface area (Å²) in [5.41, 5.74) is 2.44. The van der Waals surface area contributed by atoms with Gasteiger partial charge < -0.3 is 15.0 Å². The molecule has 1 fully saturated rings. The molecule has 1 aromatic heterocycles. The number of aromatic nitrogens is 1. The SMILES string of the molecule is CN(Cc1ccc(Cl)cc1)C(=O)c1c[nH]c2ccc(CN3CC(O)C3)cc2c1=O. The van der Waals surface area contributed by atoms with Gasteiger partial charge in [0.1, 0.15) is 5.56 Å². The number of halogens is 1. The van der Waals surface area contributed by atoms with Crippen LogP contribution in [0.3, 0.4) is 0 Å². The lowest BCUT2D eigenvalue weighted by molar-refractivity contribution is -0.00284. The summed E-state index contributed by atoms with van der Waals surface area (Å²) >= 11 is 5.91. The summed E-state index contributed by atoms with van der Waals surface area (Å²) in [4.78, 5) is 32.6. The zero-order valence-corrected chi connectivity index (χ0v) is 16.8. The highest BCUT2D eigenvalue weighted by molar-refractivity contribution is 6.30. The molecule has 0 spiro atoms. The third-order valence-electron chi connectivity index (χ3n) is 5.20. The summed E-state index contributed by atoms with van der Waals surface area (Å²) in [6.07, 6.45) is 1.22. The molecule has 0 saturated carbocycles. The second-order valence-corrected chi connectivity index (χ2v) is 7.98. The van der Waals surface area contributed by atoms with E-state index >= 15 is 0 Å². The summed E-state index contributed by atoms with van der Waals surface area (Å²) in [5, 5.41) is 10.6. The lowest BCUT2D eigenvalue weighted by Crippen LogP contribution is -2.49. The molecule has 1 saturated heterocycles. The number of hydrogen-bond acceptors (Lipinski definition) is 4. The highest BCUT2D eigenvalue weighted by Gasteiger charge is 2.24. The molecule has 2 N–H and O–H groups in total. The van der Waals surface area contributed by atoms with Gasteiger partial charge in [-0.05, 0) is 35.4 Å². The first-order chi connectivity index (χ1) is 13.9. The van der Waals surface area contributed by atoms with Crippen LogP contribution < -0.4 is 5.43 Å². The Balaban J connectivity index is 1.57. The van der Waals surface area contributed by atoms with Gasteiger partial charge >= 0.3 is 0 Å². The highest BCUT2D eigenvalue weighted by Crippen LogP contribution is 2.17. The van der Waals surface area contributed by atoms with E-state index in [4.69, 9.17) is 11.6 Å². The van der Waals surface area contributed by atoms with E-state index in [1.54, 1.807) is 19.2 Å². The molecule has 0 unspecified atom stereocenters. The molecule has 4 rings (SSSR count). The van der Waals surface area contributed by atoms with Gasteiger partial charge in [-0.15, -0.1) is 0 Å². The maximum atomic E-state index is 13.0. The van der Waals surface area contributed by atoms with Gasteiger partial charge in [0.05, 0.1) is 6.10 Å². The van der Waals surface area contributed by atoms with Crippen molar-refractivity contribution in [2.45, 2.75) is 19.2 Å². The summed E-state index contributed by atoms with van der Waals surface area (Å²) in [6.45, 7) is 2.33. The maximum Gasteiger partial charge on any atom is 0.259 e. The Morgan fingerprint density at radius 2 is 1.90 bits per heavy atom. The fraction of sp³-hybridized carbons (Fsp3) is 0.273. The minimum absolute atomic E-state index is 0.116. The Bertz CT molecular complexity index is 1100. The van der Waals surface area contributed by atoms with Crippen LogP contribution in [-0.2, 0) is 13.1 Å². The number of aliphatic hydroxyl groups excluding tert-OH is 1. The van der Waals surface area contributed by atoms with E-state index in [0.29, 0.717) is 42.1 Å². The van der Waals surface area contributed by atoms with Crippen LogP contribution in [0.1, 0.15) is 21.5 Å². The third kappa shape index (κ3) is 4.19. The van der Waals surface area contributed by atoms with E-state index in [2.05, 4.69) is 9.88 Å². The third-order valence-corrected chi connectivity index (χ3v) is 5.45. The molecule has 3 aromatic rings. The van der Waals surface area contributed by atoms with Crippen LogP contribution in [-0.4, -0.2) is 52.0 Å². The van der Waals surface area contributed by atoms with Gasteiger partial charge in [-0.2, -0.15) is 0 Å². The molecule has 1 amide bonds. The Morgan fingerprint density at radius 3 is 2.59 bits per heavy atom. The number of amides is 1. The number of aromatic amines is 1. The van der Waals surface area contributed by atoms with Crippen molar-refractivity contribution in [2.24, 2.45) is 0 Å². The Kier molecular flexibility index (Phi) is 5.41. The predicted molar refractivity (Wildman–Crippen MR) is 113 cm³/mol. The lowest BCUT2D eigenvalue weighted by Gasteiger charge is -2.35. The van der Waals surface area contributed by atoms with E-state index < -0.39 is 0 Å². The summed E-state index contributed by atoms with van der Waals surface area (Å²) in [7, 11) is 1.67. The quantitative estimate of drug-likeness (QED) is 0.676. The number of carbonyl (C=O) groups is 1. The van der Waals surface area contributed by atoms with Crippen LogP contribution in [0.2, 0.25) is 5.02 Å². The van der Waals surface area contributed by atoms with Crippen LogP contribution >= 0.6 is 11.6 Å². The molecule has 0 radical (unpaired) electrons. The second kappa shape index (κ2) is 7.99. The standard InChI is InChI=1S/C22H22ClN3O3/c1-25(10-14-2-5-16(23)6-3-14)22(29)19-9-24-20-7-4-15(8-18(20)21(19)28)11-26-12-17(27)13-26/h2-9,17,27H,10-13H2,1H3,(H,24,28). The molecule has 1 aliphatic rings. The number of fused-ring (bicyclic) bond motifs is 1. The van der Waals surface area contributed by atoms with Crippen LogP contribution in [0.25, 0.3) is 10.9 Å². The number of rotatable bonds is 5. The number of pyridine rings is 1. The zero-order chi connectivity index (χ0) is 20.5.